The molecule has 0 spiro atoms. The molecule has 1 amide bonds. The molecule has 2 aromatic rings. The van der Waals surface area contributed by atoms with E-state index in [-0.39, 0.29) is 29.3 Å². The number of carbonyl (C=O) groups excluding carboxylic acids is 1. The van der Waals surface area contributed by atoms with Gasteiger partial charge in [-0.25, -0.2) is 4.39 Å². The molecule has 1 saturated carbocycles. The van der Waals surface area contributed by atoms with Gasteiger partial charge < -0.3 is 14.6 Å². The summed E-state index contributed by atoms with van der Waals surface area (Å²) in [5, 5.41) is 0.612. The summed E-state index contributed by atoms with van der Waals surface area (Å²) in [6.45, 7) is 4.15. The SMILES string of the molecule is CCC1CC2(OC)CC(C2)N1C(=O)CC(C)c1c[nH]c2cccc(F)c12. The highest BCUT2D eigenvalue weighted by atomic mass is 19.1. The van der Waals surface area contributed by atoms with Crippen molar-refractivity contribution in [2.45, 2.75) is 69.6 Å². The molecule has 1 aliphatic carbocycles. The molecule has 2 unspecified atom stereocenters. The van der Waals surface area contributed by atoms with Gasteiger partial charge in [-0.3, -0.25) is 4.79 Å². The summed E-state index contributed by atoms with van der Waals surface area (Å²) in [5.74, 6) is -0.0735. The summed E-state index contributed by atoms with van der Waals surface area (Å²) in [5.41, 5.74) is 1.66. The Kier molecular flexibility index (Phi) is 4.30. The van der Waals surface area contributed by atoms with Gasteiger partial charge in [0.15, 0.2) is 0 Å². The van der Waals surface area contributed by atoms with E-state index in [0.717, 1.165) is 36.8 Å². The number of aromatic nitrogens is 1. The summed E-state index contributed by atoms with van der Waals surface area (Å²) in [4.78, 5) is 18.3. The van der Waals surface area contributed by atoms with E-state index in [0.29, 0.717) is 17.8 Å². The monoisotopic (exact) mass is 358 g/mol. The second-order valence-electron chi connectivity index (χ2n) is 8.03. The van der Waals surface area contributed by atoms with Crippen molar-refractivity contribution in [1.82, 2.24) is 9.88 Å². The maximum Gasteiger partial charge on any atom is 0.223 e. The van der Waals surface area contributed by atoms with Gasteiger partial charge in [0.1, 0.15) is 5.82 Å². The van der Waals surface area contributed by atoms with Gasteiger partial charge in [-0.05, 0) is 49.3 Å². The van der Waals surface area contributed by atoms with Gasteiger partial charge in [-0.2, -0.15) is 0 Å². The molecule has 140 valence electrons. The van der Waals surface area contributed by atoms with Crippen LogP contribution in [0, 0.1) is 5.82 Å². The summed E-state index contributed by atoms with van der Waals surface area (Å²) in [7, 11) is 1.79. The van der Waals surface area contributed by atoms with Crippen LogP contribution in [0.3, 0.4) is 0 Å². The number of halogens is 1. The van der Waals surface area contributed by atoms with Crippen LogP contribution in [0.1, 0.15) is 57.4 Å². The lowest BCUT2D eigenvalue weighted by atomic mass is 9.66. The van der Waals surface area contributed by atoms with Gasteiger partial charge in [-0.15, -0.1) is 0 Å². The Morgan fingerprint density at radius 2 is 2.19 bits per heavy atom. The van der Waals surface area contributed by atoms with E-state index in [1.807, 2.05) is 19.2 Å². The zero-order valence-electron chi connectivity index (χ0n) is 15.7. The second-order valence-corrected chi connectivity index (χ2v) is 8.03. The lowest BCUT2D eigenvalue weighted by Gasteiger charge is -2.60. The van der Waals surface area contributed by atoms with Crippen LogP contribution in [0.15, 0.2) is 24.4 Å². The Bertz CT molecular complexity index is 825. The molecular formula is C21H27FN2O2. The van der Waals surface area contributed by atoms with Gasteiger partial charge >= 0.3 is 0 Å². The van der Waals surface area contributed by atoms with Crippen LogP contribution in [-0.4, -0.2) is 40.6 Å². The van der Waals surface area contributed by atoms with Gasteiger partial charge in [0, 0.05) is 42.7 Å². The normalized spacial score (nSPS) is 28.8. The van der Waals surface area contributed by atoms with Crippen LogP contribution >= 0.6 is 0 Å². The zero-order valence-corrected chi connectivity index (χ0v) is 15.7. The molecular weight excluding hydrogens is 331 g/mol. The van der Waals surface area contributed by atoms with Crippen LogP contribution in [-0.2, 0) is 9.53 Å². The lowest BCUT2D eigenvalue weighted by Crippen LogP contribution is -2.67. The number of fused-ring (bicyclic) bond motifs is 3. The maximum absolute atomic E-state index is 14.3. The molecule has 2 aliphatic heterocycles. The molecule has 5 heteroatoms. The molecule has 4 nitrogen and oxygen atoms in total. The minimum Gasteiger partial charge on any atom is -0.378 e. The first-order valence-electron chi connectivity index (χ1n) is 9.60. The number of amides is 1. The average Bonchev–Trinajstić information content (AvgIpc) is 3.05. The predicted molar refractivity (Wildman–Crippen MR) is 99.6 cm³/mol. The fourth-order valence-electron chi connectivity index (χ4n) is 5.02. The molecule has 2 saturated heterocycles. The van der Waals surface area contributed by atoms with Crippen LogP contribution in [0.5, 0.6) is 0 Å². The summed E-state index contributed by atoms with van der Waals surface area (Å²) in [6, 6.07) is 5.60. The van der Waals surface area contributed by atoms with Crippen molar-refractivity contribution in [2.24, 2.45) is 0 Å². The molecule has 3 fully saturated rings. The fraction of sp³-hybridized carbons (Fsp3) is 0.571. The highest BCUT2D eigenvalue weighted by Gasteiger charge is 2.55. The number of carbonyl (C=O) groups is 1. The van der Waals surface area contributed by atoms with Crippen LogP contribution in [0.2, 0.25) is 0 Å². The van der Waals surface area contributed by atoms with E-state index in [4.69, 9.17) is 4.74 Å². The number of piperidine rings is 2. The Labute approximate surface area is 153 Å². The zero-order chi connectivity index (χ0) is 18.5. The van der Waals surface area contributed by atoms with E-state index in [1.165, 1.54) is 6.07 Å². The summed E-state index contributed by atoms with van der Waals surface area (Å²) >= 11 is 0. The number of benzene rings is 1. The molecule has 3 aliphatic rings. The van der Waals surface area contributed by atoms with Crippen molar-refractivity contribution in [3.63, 3.8) is 0 Å². The van der Waals surface area contributed by atoms with Gasteiger partial charge in [-0.1, -0.05) is 19.9 Å². The van der Waals surface area contributed by atoms with Crippen LogP contribution in [0.4, 0.5) is 4.39 Å². The number of nitrogens with zero attached hydrogens (tertiary/aromatic N) is 1. The Morgan fingerprint density at radius 3 is 2.88 bits per heavy atom. The Morgan fingerprint density at radius 1 is 1.42 bits per heavy atom. The van der Waals surface area contributed by atoms with E-state index in [9.17, 15) is 9.18 Å². The lowest BCUT2D eigenvalue weighted by molar-refractivity contribution is -0.189. The molecule has 3 heterocycles. The first-order valence-corrected chi connectivity index (χ1v) is 9.60. The van der Waals surface area contributed by atoms with Crippen LogP contribution in [0.25, 0.3) is 10.9 Å². The van der Waals surface area contributed by atoms with Gasteiger partial charge in [0.25, 0.3) is 0 Å². The Hall–Kier alpha value is -1.88. The standard InChI is InChI=1S/C21H27FN2O2/c1-4-14-9-21(26-3)10-15(11-21)24(14)19(25)8-13(2)16-12-23-18-7-5-6-17(22)20(16)18/h5-7,12-15,23H,4,8-11H2,1-3H3. The third-order valence-corrected chi connectivity index (χ3v) is 6.50. The fourth-order valence-corrected chi connectivity index (χ4v) is 5.02. The number of methoxy groups -OCH3 is 1. The van der Waals surface area contributed by atoms with E-state index >= 15 is 0 Å². The quantitative estimate of drug-likeness (QED) is 0.863. The number of H-pyrrole nitrogens is 1. The van der Waals surface area contributed by atoms with Crippen molar-refractivity contribution < 1.29 is 13.9 Å². The molecule has 26 heavy (non-hydrogen) atoms. The molecule has 5 rings (SSSR count). The maximum atomic E-state index is 14.3. The van der Waals surface area contributed by atoms with E-state index in [1.54, 1.807) is 13.2 Å². The van der Waals surface area contributed by atoms with Gasteiger partial charge in [0.2, 0.25) is 5.91 Å². The van der Waals surface area contributed by atoms with E-state index < -0.39 is 0 Å². The van der Waals surface area contributed by atoms with Crippen molar-refractivity contribution in [3.05, 3.63) is 35.8 Å². The number of ether oxygens (including phenoxy) is 1. The van der Waals surface area contributed by atoms with Gasteiger partial charge in [0.05, 0.1) is 5.60 Å². The largest absolute Gasteiger partial charge is 0.378 e. The second kappa shape index (κ2) is 6.38. The number of hydrogen-bond acceptors (Lipinski definition) is 2. The highest BCUT2D eigenvalue weighted by molar-refractivity contribution is 5.86. The smallest absolute Gasteiger partial charge is 0.223 e. The number of rotatable bonds is 5. The minimum absolute atomic E-state index is 0.00624. The third kappa shape index (κ3) is 2.64. The Balaban J connectivity index is 1.52. The molecule has 1 aromatic carbocycles. The summed E-state index contributed by atoms with van der Waals surface area (Å²) in [6.07, 6.45) is 6.03. The molecule has 2 atom stereocenters. The van der Waals surface area contributed by atoms with Crippen molar-refractivity contribution >= 4 is 16.8 Å². The number of nitrogens with one attached hydrogen (secondary N) is 1. The number of aromatic amines is 1. The van der Waals surface area contributed by atoms with Crippen molar-refractivity contribution in [3.8, 4) is 0 Å². The third-order valence-electron chi connectivity index (χ3n) is 6.50. The first-order chi connectivity index (χ1) is 12.5. The molecule has 0 radical (unpaired) electrons. The minimum atomic E-state index is -0.230. The van der Waals surface area contributed by atoms with Crippen LogP contribution < -0.4 is 0 Å². The molecule has 1 aromatic heterocycles. The molecule has 1 N–H and O–H groups in total. The highest BCUT2D eigenvalue weighted by Crippen LogP contribution is 2.49. The number of hydrogen-bond donors (Lipinski definition) is 1. The topological polar surface area (TPSA) is 45.3 Å². The van der Waals surface area contributed by atoms with Crippen molar-refractivity contribution in [2.75, 3.05) is 7.11 Å². The van der Waals surface area contributed by atoms with Crippen molar-refractivity contribution in [1.29, 1.82) is 0 Å². The first kappa shape index (κ1) is 17.5. The predicted octanol–water partition coefficient (Wildman–Crippen LogP) is 4.36. The van der Waals surface area contributed by atoms with E-state index in [2.05, 4.69) is 16.8 Å². The summed E-state index contributed by atoms with van der Waals surface area (Å²) < 4.78 is 20.0. The average molecular weight is 358 g/mol. The molecule has 2 bridgehead atoms.